The number of anilines is 1. The number of benzene rings is 2. The molecule has 0 bridgehead atoms. The molecule has 2 aromatic carbocycles. The zero-order chi connectivity index (χ0) is 19.1. The van der Waals surface area contributed by atoms with E-state index in [0.29, 0.717) is 11.3 Å². The van der Waals surface area contributed by atoms with Crippen molar-refractivity contribution in [2.45, 2.75) is 12.5 Å². The van der Waals surface area contributed by atoms with Crippen LogP contribution in [-0.4, -0.2) is 40.2 Å². The van der Waals surface area contributed by atoms with Gasteiger partial charge in [-0.05, 0) is 35.9 Å². The van der Waals surface area contributed by atoms with E-state index in [1.807, 2.05) is 43.3 Å². The summed E-state index contributed by atoms with van der Waals surface area (Å²) in [5.74, 6) is 0.0576. The van der Waals surface area contributed by atoms with Gasteiger partial charge in [0.1, 0.15) is 5.75 Å². The molecule has 138 valence electrons. The van der Waals surface area contributed by atoms with Crippen LogP contribution in [0.25, 0.3) is 0 Å². The lowest BCUT2D eigenvalue weighted by Crippen LogP contribution is -2.30. The molecule has 0 saturated carbocycles. The maximum Gasteiger partial charge on any atom is 0.307 e. The molecule has 2 aromatic rings. The number of nitrogens with zero attached hydrogens (tertiary/aromatic N) is 1. The molecule has 0 aliphatic rings. The van der Waals surface area contributed by atoms with E-state index in [9.17, 15) is 9.59 Å². The highest BCUT2D eigenvalue weighted by Crippen LogP contribution is 2.22. The third-order valence-corrected chi connectivity index (χ3v) is 4.05. The van der Waals surface area contributed by atoms with E-state index in [2.05, 4.69) is 5.32 Å². The van der Waals surface area contributed by atoms with Gasteiger partial charge in [0, 0.05) is 25.3 Å². The van der Waals surface area contributed by atoms with Gasteiger partial charge in [-0.3, -0.25) is 9.59 Å². The molecule has 0 heterocycles. The lowest BCUT2D eigenvalue weighted by atomic mass is 10.0. The molecular formula is C20H24N2O4. The van der Waals surface area contributed by atoms with Crippen LogP contribution in [0.3, 0.4) is 0 Å². The fourth-order valence-corrected chi connectivity index (χ4v) is 2.51. The lowest BCUT2D eigenvalue weighted by Gasteiger charge is -2.19. The van der Waals surface area contributed by atoms with Gasteiger partial charge in [-0.25, -0.2) is 0 Å². The molecule has 0 spiro atoms. The highest BCUT2D eigenvalue weighted by molar-refractivity contribution is 5.95. The van der Waals surface area contributed by atoms with E-state index in [-0.39, 0.29) is 12.3 Å². The van der Waals surface area contributed by atoms with Crippen LogP contribution in [0, 0.1) is 0 Å². The molecule has 1 N–H and O–H groups in total. The number of methoxy groups -OCH3 is 2. The second kappa shape index (κ2) is 8.89. The normalized spacial score (nSPS) is 11.4. The van der Waals surface area contributed by atoms with Crippen LogP contribution in [-0.2, 0) is 9.53 Å². The minimum Gasteiger partial charge on any atom is -0.497 e. The third-order valence-electron chi connectivity index (χ3n) is 4.05. The summed E-state index contributed by atoms with van der Waals surface area (Å²) >= 11 is 0. The van der Waals surface area contributed by atoms with Crippen LogP contribution in [0.1, 0.15) is 28.4 Å². The highest BCUT2D eigenvalue weighted by Gasteiger charge is 2.20. The zero-order valence-corrected chi connectivity index (χ0v) is 15.5. The van der Waals surface area contributed by atoms with Gasteiger partial charge in [0.25, 0.3) is 5.91 Å². The smallest absolute Gasteiger partial charge is 0.307 e. The summed E-state index contributed by atoms with van der Waals surface area (Å²) in [6.45, 7) is 0. The number of hydrogen-bond acceptors (Lipinski definition) is 5. The first-order valence-corrected chi connectivity index (χ1v) is 8.23. The van der Waals surface area contributed by atoms with E-state index in [0.717, 1.165) is 11.3 Å². The summed E-state index contributed by atoms with van der Waals surface area (Å²) in [5.41, 5.74) is 2.25. The topological polar surface area (TPSA) is 67.9 Å². The molecule has 2 rings (SSSR count). The Bertz CT molecular complexity index is 757. The van der Waals surface area contributed by atoms with Gasteiger partial charge in [0.2, 0.25) is 0 Å². The van der Waals surface area contributed by atoms with Gasteiger partial charge in [0.05, 0.1) is 26.7 Å². The van der Waals surface area contributed by atoms with Gasteiger partial charge < -0.3 is 19.7 Å². The molecule has 0 radical (unpaired) electrons. The Hall–Kier alpha value is -3.02. The van der Waals surface area contributed by atoms with E-state index < -0.39 is 12.0 Å². The van der Waals surface area contributed by atoms with Crippen LogP contribution < -0.4 is 15.0 Å². The van der Waals surface area contributed by atoms with Gasteiger partial charge in [0.15, 0.2) is 0 Å². The summed E-state index contributed by atoms with van der Waals surface area (Å²) in [7, 11) is 6.74. The van der Waals surface area contributed by atoms with Crippen molar-refractivity contribution in [3.63, 3.8) is 0 Å². The summed E-state index contributed by atoms with van der Waals surface area (Å²) in [6, 6.07) is 14.0. The Kier molecular flexibility index (Phi) is 6.60. The number of carbonyl (C=O) groups excluding carboxylic acids is 2. The summed E-state index contributed by atoms with van der Waals surface area (Å²) in [5, 5.41) is 2.92. The lowest BCUT2D eigenvalue weighted by molar-refractivity contribution is -0.141. The Labute approximate surface area is 153 Å². The first kappa shape index (κ1) is 19.3. The SMILES string of the molecule is COC(=O)CC(NC(=O)c1cccc(N(C)C)c1)c1ccc(OC)cc1. The van der Waals surface area contributed by atoms with E-state index in [4.69, 9.17) is 9.47 Å². The maximum atomic E-state index is 12.7. The number of hydrogen-bond donors (Lipinski definition) is 1. The van der Waals surface area contributed by atoms with Crippen molar-refractivity contribution in [1.29, 1.82) is 0 Å². The third kappa shape index (κ3) is 4.99. The van der Waals surface area contributed by atoms with Gasteiger partial charge in [-0.2, -0.15) is 0 Å². The monoisotopic (exact) mass is 356 g/mol. The Morgan fingerprint density at radius 3 is 2.35 bits per heavy atom. The van der Waals surface area contributed by atoms with Gasteiger partial charge in [-0.1, -0.05) is 18.2 Å². The quantitative estimate of drug-likeness (QED) is 0.773. The van der Waals surface area contributed by atoms with Crippen LogP contribution in [0.4, 0.5) is 5.69 Å². The summed E-state index contributed by atoms with van der Waals surface area (Å²) < 4.78 is 9.92. The number of nitrogens with one attached hydrogen (secondary N) is 1. The van der Waals surface area contributed by atoms with Crippen molar-refractivity contribution in [3.05, 3.63) is 59.7 Å². The van der Waals surface area contributed by atoms with Crippen molar-refractivity contribution in [2.24, 2.45) is 0 Å². The largest absolute Gasteiger partial charge is 0.497 e. The average Bonchev–Trinajstić information content (AvgIpc) is 2.67. The average molecular weight is 356 g/mol. The van der Waals surface area contributed by atoms with Crippen molar-refractivity contribution >= 4 is 17.6 Å². The number of ether oxygens (including phenoxy) is 2. The molecule has 1 amide bonds. The van der Waals surface area contributed by atoms with Crippen LogP contribution in [0.2, 0.25) is 0 Å². The van der Waals surface area contributed by atoms with Crippen molar-refractivity contribution in [2.75, 3.05) is 33.2 Å². The molecule has 0 aliphatic carbocycles. The fraction of sp³-hybridized carbons (Fsp3) is 0.300. The number of esters is 1. The predicted octanol–water partition coefficient (Wildman–Crippen LogP) is 2.80. The van der Waals surface area contributed by atoms with Gasteiger partial charge >= 0.3 is 5.97 Å². The zero-order valence-electron chi connectivity index (χ0n) is 15.5. The molecule has 0 saturated heterocycles. The van der Waals surface area contributed by atoms with Crippen LogP contribution in [0.5, 0.6) is 5.75 Å². The second-order valence-electron chi connectivity index (χ2n) is 6.02. The van der Waals surface area contributed by atoms with E-state index >= 15 is 0 Å². The first-order valence-electron chi connectivity index (χ1n) is 8.23. The number of carbonyl (C=O) groups is 2. The van der Waals surface area contributed by atoms with Crippen LogP contribution in [0.15, 0.2) is 48.5 Å². The van der Waals surface area contributed by atoms with Crippen molar-refractivity contribution in [1.82, 2.24) is 5.32 Å². The van der Waals surface area contributed by atoms with Crippen molar-refractivity contribution < 1.29 is 19.1 Å². The second-order valence-corrected chi connectivity index (χ2v) is 6.02. The van der Waals surface area contributed by atoms with Crippen molar-refractivity contribution in [3.8, 4) is 5.75 Å². The predicted molar refractivity (Wildman–Crippen MR) is 101 cm³/mol. The molecule has 26 heavy (non-hydrogen) atoms. The molecule has 1 atom stereocenters. The molecule has 1 unspecified atom stereocenters. The van der Waals surface area contributed by atoms with E-state index in [1.54, 1.807) is 31.4 Å². The number of amides is 1. The Balaban J connectivity index is 2.23. The fourth-order valence-electron chi connectivity index (χ4n) is 2.51. The first-order chi connectivity index (χ1) is 12.4. The van der Waals surface area contributed by atoms with E-state index in [1.165, 1.54) is 7.11 Å². The molecular weight excluding hydrogens is 332 g/mol. The number of rotatable bonds is 7. The summed E-state index contributed by atoms with van der Waals surface area (Å²) in [4.78, 5) is 26.4. The standard InChI is InChI=1S/C20H24N2O4/c1-22(2)16-7-5-6-15(12-16)20(24)21-18(13-19(23)26-4)14-8-10-17(25-3)11-9-14/h5-12,18H,13H2,1-4H3,(H,21,24). The maximum absolute atomic E-state index is 12.7. The summed E-state index contributed by atoms with van der Waals surface area (Å²) in [6.07, 6.45) is 0.0436. The van der Waals surface area contributed by atoms with Gasteiger partial charge in [-0.15, -0.1) is 0 Å². The Morgan fingerprint density at radius 2 is 1.77 bits per heavy atom. The molecule has 0 aromatic heterocycles. The highest BCUT2D eigenvalue weighted by atomic mass is 16.5. The molecule has 0 aliphatic heterocycles. The van der Waals surface area contributed by atoms with Crippen LogP contribution >= 0.6 is 0 Å². The minimum absolute atomic E-state index is 0.0436. The Morgan fingerprint density at radius 1 is 1.08 bits per heavy atom. The molecule has 6 heteroatoms. The molecule has 6 nitrogen and oxygen atoms in total. The molecule has 0 fully saturated rings. The minimum atomic E-state index is -0.496.